The highest BCUT2D eigenvalue weighted by molar-refractivity contribution is 5.93. The first-order valence-electron chi connectivity index (χ1n) is 8.83. The largest absolute Gasteiger partial charge is 0.497 e. The summed E-state index contributed by atoms with van der Waals surface area (Å²) in [6.07, 6.45) is 6.11. The minimum Gasteiger partial charge on any atom is -0.497 e. The zero-order chi connectivity index (χ0) is 17.6. The van der Waals surface area contributed by atoms with Crippen molar-refractivity contribution < 1.29 is 14.3 Å². The zero-order valence-electron chi connectivity index (χ0n) is 15.1. The van der Waals surface area contributed by atoms with Gasteiger partial charge in [-0.05, 0) is 50.8 Å². The number of anilines is 1. The molecule has 0 radical (unpaired) electrons. The third-order valence-corrected chi connectivity index (χ3v) is 4.71. The van der Waals surface area contributed by atoms with Crippen LogP contribution < -0.4 is 20.5 Å². The number of methoxy groups -OCH3 is 1. The topological polar surface area (TPSA) is 73.6 Å². The van der Waals surface area contributed by atoms with Crippen LogP contribution in [0.3, 0.4) is 0 Å². The molecule has 2 rings (SSSR count). The van der Waals surface area contributed by atoms with Crippen molar-refractivity contribution >= 4 is 11.6 Å². The van der Waals surface area contributed by atoms with Crippen LogP contribution in [0.4, 0.5) is 5.69 Å². The van der Waals surface area contributed by atoms with Gasteiger partial charge in [0.05, 0.1) is 18.9 Å². The molecule has 1 fully saturated rings. The molecule has 0 spiro atoms. The number of rotatable bonds is 7. The van der Waals surface area contributed by atoms with Gasteiger partial charge in [0, 0.05) is 12.5 Å². The highest BCUT2D eigenvalue weighted by atomic mass is 16.5. The van der Waals surface area contributed by atoms with E-state index in [-0.39, 0.29) is 17.4 Å². The molecule has 1 amide bonds. The highest BCUT2D eigenvalue weighted by Crippen LogP contribution is 2.39. The first kappa shape index (κ1) is 18.6. The molecule has 1 aliphatic carbocycles. The maximum absolute atomic E-state index is 12.6. The molecule has 5 nitrogen and oxygen atoms in total. The van der Waals surface area contributed by atoms with E-state index in [0.29, 0.717) is 30.2 Å². The van der Waals surface area contributed by atoms with Gasteiger partial charge in [-0.1, -0.05) is 19.3 Å². The maximum atomic E-state index is 12.6. The van der Waals surface area contributed by atoms with E-state index in [0.717, 1.165) is 25.7 Å². The molecule has 1 aromatic carbocycles. The fourth-order valence-electron chi connectivity index (χ4n) is 3.38. The molecular weight excluding hydrogens is 304 g/mol. The van der Waals surface area contributed by atoms with E-state index in [4.69, 9.17) is 15.2 Å². The second-order valence-electron chi connectivity index (χ2n) is 7.02. The summed E-state index contributed by atoms with van der Waals surface area (Å²) in [6, 6.07) is 5.45. The number of carbonyl (C=O) groups excluding carboxylic acids is 1. The van der Waals surface area contributed by atoms with E-state index in [2.05, 4.69) is 5.32 Å². The van der Waals surface area contributed by atoms with E-state index >= 15 is 0 Å². The number of nitrogens with one attached hydrogen (secondary N) is 1. The maximum Gasteiger partial charge on any atom is 0.225 e. The van der Waals surface area contributed by atoms with E-state index < -0.39 is 0 Å². The summed E-state index contributed by atoms with van der Waals surface area (Å²) in [6.45, 7) is 4.48. The Labute approximate surface area is 144 Å². The van der Waals surface area contributed by atoms with E-state index in [1.807, 2.05) is 26.0 Å². The number of hydrogen-bond donors (Lipinski definition) is 2. The van der Waals surface area contributed by atoms with Gasteiger partial charge in [0.2, 0.25) is 5.91 Å². The summed E-state index contributed by atoms with van der Waals surface area (Å²) in [5.74, 6) is 1.33. The van der Waals surface area contributed by atoms with Crippen LogP contribution in [-0.2, 0) is 4.79 Å². The standard InChI is InChI=1S/C19H30N2O3/c1-14(2)24-17-8-7-15(23-3)11-16(17)21-18(22)12-19(13-20)9-5-4-6-10-19/h7-8,11,14H,4-6,9-10,12-13,20H2,1-3H3,(H,21,22). The Kier molecular flexibility index (Phi) is 6.49. The molecule has 1 aromatic rings. The lowest BCUT2D eigenvalue weighted by atomic mass is 9.71. The molecule has 0 unspecified atom stereocenters. The van der Waals surface area contributed by atoms with Crippen molar-refractivity contribution in [1.29, 1.82) is 0 Å². The number of hydrogen-bond acceptors (Lipinski definition) is 4. The molecule has 0 bridgehead atoms. The molecule has 0 heterocycles. The van der Waals surface area contributed by atoms with Crippen molar-refractivity contribution in [1.82, 2.24) is 0 Å². The number of nitrogens with two attached hydrogens (primary N) is 1. The predicted octanol–water partition coefficient (Wildman–Crippen LogP) is 3.72. The van der Waals surface area contributed by atoms with Crippen LogP contribution in [0.2, 0.25) is 0 Å². The zero-order valence-corrected chi connectivity index (χ0v) is 15.1. The Morgan fingerprint density at radius 1 is 1.29 bits per heavy atom. The smallest absolute Gasteiger partial charge is 0.225 e. The molecule has 24 heavy (non-hydrogen) atoms. The third kappa shape index (κ3) is 4.87. The first-order valence-corrected chi connectivity index (χ1v) is 8.83. The second-order valence-corrected chi connectivity index (χ2v) is 7.02. The number of benzene rings is 1. The summed E-state index contributed by atoms with van der Waals surface area (Å²) in [7, 11) is 1.61. The molecule has 0 atom stereocenters. The monoisotopic (exact) mass is 334 g/mol. The molecule has 0 aromatic heterocycles. The van der Waals surface area contributed by atoms with Crippen molar-refractivity contribution in [3.8, 4) is 11.5 Å². The summed E-state index contributed by atoms with van der Waals surface area (Å²) in [5.41, 5.74) is 6.59. The summed E-state index contributed by atoms with van der Waals surface area (Å²) in [5, 5.41) is 3.00. The van der Waals surface area contributed by atoms with Gasteiger partial charge in [-0.25, -0.2) is 0 Å². The Balaban J connectivity index is 2.11. The van der Waals surface area contributed by atoms with Gasteiger partial charge >= 0.3 is 0 Å². The van der Waals surface area contributed by atoms with Gasteiger partial charge in [-0.2, -0.15) is 0 Å². The lowest BCUT2D eigenvalue weighted by Gasteiger charge is -2.35. The van der Waals surface area contributed by atoms with Gasteiger partial charge < -0.3 is 20.5 Å². The Morgan fingerprint density at radius 3 is 2.58 bits per heavy atom. The van der Waals surface area contributed by atoms with Crippen LogP contribution in [0.15, 0.2) is 18.2 Å². The summed E-state index contributed by atoms with van der Waals surface area (Å²) < 4.78 is 11.1. The molecule has 1 aliphatic rings. The highest BCUT2D eigenvalue weighted by Gasteiger charge is 2.33. The van der Waals surface area contributed by atoms with Crippen LogP contribution in [-0.4, -0.2) is 25.7 Å². The van der Waals surface area contributed by atoms with E-state index in [1.54, 1.807) is 13.2 Å². The van der Waals surface area contributed by atoms with Crippen LogP contribution in [0.25, 0.3) is 0 Å². The molecule has 5 heteroatoms. The Hall–Kier alpha value is -1.75. The SMILES string of the molecule is COc1ccc(OC(C)C)c(NC(=O)CC2(CN)CCCCC2)c1. The van der Waals surface area contributed by atoms with Gasteiger partial charge in [0.15, 0.2) is 0 Å². The van der Waals surface area contributed by atoms with Gasteiger partial charge in [-0.15, -0.1) is 0 Å². The minimum atomic E-state index is -0.0553. The van der Waals surface area contributed by atoms with Crippen LogP contribution in [0, 0.1) is 5.41 Å². The van der Waals surface area contributed by atoms with Gasteiger partial charge in [-0.3, -0.25) is 4.79 Å². The van der Waals surface area contributed by atoms with Crippen molar-refractivity contribution in [2.24, 2.45) is 11.1 Å². The second kappa shape index (κ2) is 8.38. The molecular formula is C19H30N2O3. The van der Waals surface area contributed by atoms with Crippen molar-refractivity contribution in [3.63, 3.8) is 0 Å². The van der Waals surface area contributed by atoms with E-state index in [1.165, 1.54) is 6.42 Å². The van der Waals surface area contributed by atoms with Crippen LogP contribution >= 0.6 is 0 Å². The Morgan fingerprint density at radius 2 is 2.00 bits per heavy atom. The van der Waals surface area contributed by atoms with Crippen molar-refractivity contribution in [2.45, 2.75) is 58.5 Å². The molecule has 3 N–H and O–H groups in total. The Bertz CT molecular complexity index is 552. The average Bonchev–Trinajstić information content (AvgIpc) is 2.56. The lowest BCUT2D eigenvalue weighted by Crippen LogP contribution is -2.36. The lowest BCUT2D eigenvalue weighted by molar-refractivity contribution is -0.118. The molecule has 0 aliphatic heterocycles. The first-order chi connectivity index (χ1) is 11.5. The van der Waals surface area contributed by atoms with Crippen LogP contribution in [0.5, 0.6) is 11.5 Å². The number of amides is 1. The third-order valence-electron chi connectivity index (χ3n) is 4.71. The molecule has 0 saturated heterocycles. The van der Waals surface area contributed by atoms with Crippen molar-refractivity contribution in [2.75, 3.05) is 19.0 Å². The quantitative estimate of drug-likeness (QED) is 0.797. The van der Waals surface area contributed by atoms with Gasteiger partial charge in [0.1, 0.15) is 11.5 Å². The summed E-state index contributed by atoms with van der Waals surface area (Å²) in [4.78, 5) is 12.6. The minimum absolute atomic E-state index is 0.00999. The average molecular weight is 334 g/mol. The number of ether oxygens (including phenoxy) is 2. The summed E-state index contributed by atoms with van der Waals surface area (Å²) >= 11 is 0. The molecule has 134 valence electrons. The normalized spacial score (nSPS) is 16.7. The molecule has 1 saturated carbocycles. The fourth-order valence-corrected chi connectivity index (χ4v) is 3.38. The van der Waals surface area contributed by atoms with E-state index in [9.17, 15) is 4.79 Å². The number of carbonyl (C=O) groups is 1. The predicted molar refractivity (Wildman–Crippen MR) is 96.6 cm³/mol. The van der Waals surface area contributed by atoms with Crippen molar-refractivity contribution in [3.05, 3.63) is 18.2 Å². The fraction of sp³-hybridized carbons (Fsp3) is 0.632. The van der Waals surface area contributed by atoms with Gasteiger partial charge in [0.25, 0.3) is 0 Å². The van der Waals surface area contributed by atoms with Crippen LogP contribution in [0.1, 0.15) is 52.4 Å².